The lowest BCUT2D eigenvalue weighted by molar-refractivity contribution is -0.149. The molecule has 2 rings (SSSR count). The van der Waals surface area contributed by atoms with Gasteiger partial charge in [0.05, 0.1) is 7.11 Å². The summed E-state index contributed by atoms with van der Waals surface area (Å²) in [6.07, 6.45) is 2.14. The van der Waals surface area contributed by atoms with Crippen molar-refractivity contribution >= 4 is 23.8 Å². The summed E-state index contributed by atoms with van der Waals surface area (Å²) in [6.45, 7) is 5.29. The molecule has 0 bridgehead atoms. The summed E-state index contributed by atoms with van der Waals surface area (Å²) in [5, 5.41) is 0. The van der Waals surface area contributed by atoms with E-state index in [-0.39, 0.29) is 0 Å². The molecule has 130 valence electrons. The summed E-state index contributed by atoms with van der Waals surface area (Å²) in [5.74, 6) is -0.571. The number of nitrogens with zero attached hydrogens (tertiary/aromatic N) is 1. The van der Waals surface area contributed by atoms with Crippen LogP contribution >= 0.6 is 11.8 Å². The van der Waals surface area contributed by atoms with Crippen LogP contribution in [0.4, 0.5) is 4.79 Å². The molecule has 0 fully saturated rings. The lowest BCUT2D eigenvalue weighted by Gasteiger charge is -2.35. The standard InChI is InChI=1S/C17H21NO5S/c1-17(2,3)23-16(20)18-10-11-22-15(13(18)14(19)21-4)24-12-8-6-5-7-9-12/h5-11,13,15H,1-4H3/t13-,15-/m0/s1. The average Bonchev–Trinajstić information content (AvgIpc) is 2.53. The van der Waals surface area contributed by atoms with Crippen molar-refractivity contribution in [3.8, 4) is 0 Å². The maximum Gasteiger partial charge on any atom is 0.415 e. The van der Waals surface area contributed by atoms with E-state index in [4.69, 9.17) is 14.2 Å². The van der Waals surface area contributed by atoms with E-state index in [9.17, 15) is 9.59 Å². The Hall–Kier alpha value is -2.15. The van der Waals surface area contributed by atoms with Crippen molar-refractivity contribution in [2.24, 2.45) is 0 Å². The van der Waals surface area contributed by atoms with Crippen LogP contribution in [-0.2, 0) is 19.0 Å². The number of ether oxygens (including phenoxy) is 3. The van der Waals surface area contributed by atoms with Crippen LogP contribution in [0.5, 0.6) is 0 Å². The van der Waals surface area contributed by atoms with Gasteiger partial charge in [-0.25, -0.2) is 9.59 Å². The van der Waals surface area contributed by atoms with Gasteiger partial charge in [-0.2, -0.15) is 0 Å². The first-order chi connectivity index (χ1) is 11.3. The second-order valence-corrected chi connectivity index (χ2v) is 7.25. The molecule has 2 atom stereocenters. The predicted octanol–water partition coefficient (Wildman–Crippen LogP) is 3.38. The highest BCUT2D eigenvalue weighted by Gasteiger charge is 2.42. The van der Waals surface area contributed by atoms with Gasteiger partial charge in [0, 0.05) is 11.1 Å². The Labute approximate surface area is 145 Å². The van der Waals surface area contributed by atoms with Gasteiger partial charge in [0.15, 0.2) is 11.5 Å². The molecule has 7 heteroatoms. The van der Waals surface area contributed by atoms with E-state index in [1.807, 2.05) is 30.3 Å². The van der Waals surface area contributed by atoms with E-state index in [0.29, 0.717) is 0 Å². The highest BCUT2D eigenvalue weighted by atomic mass is 32.2. The first-order valence-electron chi connectivity index (χ1n) is 7.45. The topological polar surface area (TPSA) is 65.1 Å². The van der Waals surface area contributed by atoms with Gasteiger partial charge in [-0.1, -0.05) is 30.0 Å². The largest absolute Gasteiger partial charge is 0.483 e. The maximum absolute atomic E-state index is 12.4. The fraction of sp³-hybridized carbons (Fsp3) is 0.412. The van der Waals surface area contributed by atoms with Crippen molar-refractivity contribution in [3.05, 3.63) is 42.8 Å². The molecule has 1 aromatic carbocycles. The van der Waals surface area contributed by atoms with Gasteiger partial charge in [0.2, 0.25) is 0 Å². The lowest BCUT2D eigenvalue weighted by atomic mass is 10.2. The smallest absolute Gasteiger partial charge is 0.415 e. The Balaban J connectivity index is 2.24. The molecule has 0 spiro atoms. The Bertz CT molecular complexity index is 611. The molecule has 1 heterocycles. The molecular formula is C17H21NO5S. The van der Waals surface area contributed by atoms with Crippen LogP contribution in [0.2, 0.25) is 0 Å². The predicted molar refractivity (Wildman–Crippen MR) is 90.2 cm³/mol. The Morgan fingerprint density at radius 3 is 2.46 bits per heavy atom. The summed E-state index contributed by atoms with van der Waals surface area (Å²) >= 11 is 1.33. The number of rotatable bonds is 3. The monoisotopic (exact) mass is 351 g/mol. The van der Waals surface area contributed by atoms with Crippen LogP contribution in [-0.4, -0.2) is 41.2 Å². The molecule has 0 saturated carbocycles. The minimum atomic E-state index is -0.944. The highest BCUT2D eigenvalue weighted by Crippen LogP contribution is 2.32. The first kappa shape index (κ1) is 18.2. The number of hydrogen-bond donors (Lipinski definition) is 0. The molecule has 1 aromatic rings. The molecule has 0 N–H and O–H groups in total. The quantitative estimate of drug-likeness (QED) is 0.778. The molecule has 0 saturated heterocycles. The van der Waals surface area contributed by atoms with Crippen molar-refractivity contribution < 1.29 is 23.8 Å². The van der Waals surface area contributed by atoms with Crippen molar-refractivity contribution in [1.82, 2.24) is 4.90 Å². The van der Waals surface area contributed by atoms with E-state index in [0.717, 1.165) is 4.90 Å². The first-order valence-corrected chi connectivity index (χ1v) is 8.33. The zero-order valence-corrected chi connectivity index (χ0v) is 14.9. The lowest BCUT2D eigenvalue weighted by Crippen LogP contribution is -2.52. The number of carbonyl (C=O) groups is 2. The molecule has 24 heavy (non-hydrogen) atoms. The number of hydrogen-bond acceptors (Lipinski definition) is 6. The van der Waals surface area contributed by atoms with E-state index in [2.05, 4.69) is 0 Å². The second-order valence-electron chi connectivity index (χ2n) is 6.08. The zero-order valence-electron chi connectivity index (χ0n) is 14.1. The van der Waals surface area contributed by atoms with Gasteiger partial charge in [0.1, 0.15) is 11.9 Å². The SMILES string of the molecule is COC(=O)[C@H]1[C@H](Sc2ccccc2)OC=CN1C(=O)OC(C)(C)C. The average molecular weight is 351 g/mol. The number of methoxy groups -OCH3 is 1. The minimum Gasteiger partial charge on any atom is -0.483 e. The van der Waals surface area contributed by atoms with Gasteiger partial charge in [-0.15, -0.1) is 0 Å². The number of esters is 1. The van der Waals surface area contributed by atoms with Crippen LogP contribution in [0.3, 0.4) is 0 Å². The molecule has 1 aliphatic rings. The number of thioether (sulfide) groups is 1. The third-order valence-electron chi connectivity index (χ3n) is 3.03. The van der Waals surface area contributed by atoms with Crippen molar-refractivity contribution in [1.29, 1.82) is 0 Å². The highest BCUT2D eigenvalue weighted by molar-refractivity contribution is 7.99. The van der Waals surface area contributed by atoms with Crippen LogP contribution in [0.25, 0.3) is 0 Å². The van der Waals surface area contributed by atoms with Crippen molar-refractivity contribution in [2.75, 3.05) is 7.11 Å². The van der Waals surface area contributed by atoms with Gasteiger partial charge in [0.25, 0.3) is 0 Å². The van der Waals surface area contributed by atoms with Gasteiger partial charge in [-0.05, 0) is 32.9 Å². The molecule has 0 aromatic heterocycles. The molecular weight excluding hydrogens is 330 g/mol. The van der Waals surface area contributed by atoms with Gasteiger partial charge in [-0.3, -0.25) is 4.90 Å². The molecule has 0 unspecified atom stereocenters. The normalized spacial score (nSPS) is 20.2. The summed E-state index contributed by atoms with van der Waals surface area (Å²) < 4.78 is 15.8. The number of benzene rings is 1. The molecule has 0 aliphatic carbocycles. The molecule has 6 nitrogen and oxygen atoms in total. The number of carbonyl (C=O) groups excluding carboxylic acids is 2. The Morgan fingerprint density at radius 2 is 1.88 bits per heavy atom. The van der Waals surface area contributed by atoms with Crippen LogP contribution < -0.4 is 0 Å². The fourth-order valence-corrected chi connectivity index (χ4v) is 3.11. The number of amides is 1. The molecule has 1 aliphatic heterocycles. The third-order valence-corrected chi connectivity index (χ3v) is 4.18. The molecule has 0 radical (unpaired) electrons. The van der Waals surface area contributed by atoms with Crippen LogP contribution in [0.1, 0.15) is 20.8 Å². The summed E-state index contributed by atoms with van der Waals surface area (Å²) in [4.78, 5) is 26.8. The minimum absolute atomic E-state index is 0.571. The summed E-state index contributed by atoms with van der Waals surface area (Å²) in [5.41, 5.74) is -1.32. The summed E-state index contributed by atoms with van der Waals surface area (Å²) in [6, 6.07) is 8.53. The van der Waals surface area contributed by atoms with Gasteiger partial charge >= 0.3 is 12.1 Å². The Kier molecular flexibility index (Phi) is 5.77. The third kappa shape index (κ3) is 4.67. The van der Waals surface area contributed by atoms with Crippen LogP contribution in [0.15, 0.2) is 47.7 Å². The summed E-state index contributed by atoms with van der Waals surface area (Å²) in [7, 11) is 1.28. The van der Waals surface area contributed by atoms with Gasteiger partial charge < -0.3 is 14.2 Å². The van der Waals surface area contributed by atoms with E-state index >= 15 is 0 Å². The fourth-order valence-electron chi connectivity index (χ4n) is 2.04. The zero-order chi connectivity index (χ0) is 17.7. The molecule has 1 amide bonds. The maximum atomic E-state index is 12.4. The Morgan fingerprint density at radius 1 is 1.21 bits per heavy atom. The van der Waals surface area contributed by atoms with E-state index in [1.165, 1.54) is 36.2 Å². The second kappa shape index (κ2) is 7.61. The van der Waals surface area contributed by atoms with Crippen LogP contribution in [0, 0.1) is 0 Å². The van der Waals surface area contributed by atoms with E-state index in [1.54, 1.807) is 20.8 Å². The van der Waals surface area contributed by atoms with Crippen molar-refractivity contribution in [3.63, 3.8) is 0 Å². The van der Waals surface area contributed by atoms with E-state index < -0.39 is 29.1 Å². The van der Waals surface area contributed by atoms with Crippen molar-refractivity contribution in [2.45, 2.75) is 42.7 Å².